The minimum absolute atomic E-state index is 0.0146. The molecular formula is C25H23FN6O2. The lowest BCUT2D eigenvalue weighted by Gasteiger charge is -2.11. The van der Waals surface area contributed by atoms with Crippen LogP contribution in [0.1, 0.15) is 25.1 Å². The fourth-order valence-corrected chi connectivity index (χ4v) is 4.11. The van der Waals surface area contributed by atoms with Gasteiger partial charge in [0.05, 0.1) is 11.4 Å². The lowest BCUT2D eigenvalue weighted by Crippen LogP contribution is -2.29. The highest BCUT2D eigenvalue weighted by molar-refractivity contribution is 5.91. The Morgan fingerprint density at radius 3 is 2.68 bits per heavy atom. The molecule has 4 aromatic rings. The van der Waals surface area contributed by atoms with Gasteiger partial charge in [0.2, 0.25) is 5.91 Å². The van der Waals surface area contributed by atoms with Gasteiger partial charge >= 0.3 is 0 Å². The molecule has 0 saturated heterocycles. The van der Waals surface area contributed by atoms with Crippen molar-refractivity contribution in [2.45, 2.75) is 38.8 Å². The number of halogens is 1. The summed E-state index contributed by atoms with van der Waals surface area (Å²) in [5.41, 5.74) is 1.64. The van der Waals surface area contributed by atoms with E-state index in [0.29, 0.717) is 17.1 Å². The molecule has 1 N–H and O–H groups in total. The van der Waals surface area contributed by atoms with Crippen molar-refractivity contribution in [3.63, 3.8) is 0 Å². The normalized spacial score (nSPS) is 13.2. The molecule has 0 unspecified atom stereocenters. The molecule has 1 aliphatic heterocycles. The van der Waals surface area contributed by atoms with Gasteiger partial charge in [0.1, 0.15) is 18.2 Å². The molecule has 5 rings (SSSR count). The number of anilines is 1. The van der Waals surface area contributed by atoms with Crippen molar-refractivity contribution >= 4 is 11.6 Å². The predicted octanol–water partition coefficient (Wildman–Crippen LogP) is 3.67. The molecule has 1 aliphatic rings. The molecule has 9 heteroatoms. The Bertz CT molecular complexity index is 1400. The van der Waals surface area contributed by atoms with Gasteiger partial charge in [-0.2, -0.15) is 5.10 Å². The second-order valence-electron chi connectivity index (χ2n) is 8.23. The van der Waals surface area contributed by atoms with Gasteiger partial charge in [0, 0.05) is 30.2 Å². The van der Waals surface area contributed by atoms with E-state index in [-0.39, 0.29) is 12.2 Å². The first-order chi connectivity index (χ1) is 16.6. The maximum atomic E-state index is 14.5. The molecule has 2 aromatic heterocycles. The molecule has 0 radical (unpaired) electrons. The number of nitrogens with one attached hydrogen (secondary N) is 1. The van der Waals surface area contributed by atoms with Crippen LogP contribution in [-0.4, -0.2) is 30.5 Å². The van der Waals surface area contributed by atoms with Crippen LogP contribution in [0.5, 0.6) is 0 Å². The van der Waals surface area contributed by atoms with Gasteiger partial charge < -0.3 is 9.88 Å². The summed E-state index contributed by atoms with van der Waals surface area (Å²) in [6.45, 7) is 0.465. The number of benzene rings is 2. The quantitative estimate of drug-likeness (QED) is 0.492. The Morgan fingerprint density at radius 1 is 0.971 bits per heavy atom. The molecule has 0 saturated carbocycles. The van der Waals surface area contributed by atoms with Crippen LogP contribution >= 0.6 is 0 Å². The summed E-state index contributed by atoms with van der Waals surface area (Å²) in [5, 5.41) is 15.4. The number of carbonyl (C=O) groups is 1. The largest absolute Gasteiger partial charge is 0.322 e. The number of carbonyl (C=O) groups excluding carboxylic acids is 1. The standard InChI is InChI=1S/C25H23FN6O2/c26-19-11-10-18(25-29-28-22-9-5-2-6-14-31(22)25)15-21(19)27-23(33)16-32-24(34)13-12-20(30-32)17-7-3-1-4-8-17/h1,3-4,7-8,10-13,15H,2,5-6,9,14,16H2,(H,27,33). The van der Waals surface area contributed by atoms with E-state index in [1.807, 2.05) is 30.3 Å². The second kappa shape index (κ2) is 9.38. The van der Waals surface area contributed by atoms with Crippen molar-refractivity contribution in [1.29, 1.82) is 0 Å². The van der Waals surface area contributed by atoms with Crippen LogP contribution < -0.4 is 10.9 Å². The summed E-state index contributed by atoms with van der Waals surface area (Å²) in [5.74, 6) is 0.439. The molecule has 0 fully saturated rings. The zero-order chi connectivity index (χ0) is 23.5. The number of hydrogen-bond donors (Lipinski definition) is 1. The molecule has 172 valence electrons. The first-order valence-corrected chi connectivity index (χ1v) is 11.2. The Labute approximate surface area is 195 Å². The Morgan fingerprint density at radius 2 is 1.82 bits per heavy atom. The summed E-state index contributed by atoms with van der Waals surface area (Å²) in [7, 11) is 0. The van der Waals surface area contributed by atoms with Gasteiger partial charge in [0.25, 0.3) is 5.56 Å². The summed E-state index contributed by atoms with van der Waals surface area (Å²) in [6.07, 6.45) is 4.10. The van der Waals surface area contributed by atoms with E-state index in [1.165, 1.54) is 12.1 Å². The van der Waals surface area contributed by atoms with Crippen molar-refractivity contribution in [2.75, 3.05) is 5.32 Å². The highest BCUT2D eigenvalue weighted by atomic mass is 19.1. The van der Waals surface area contributed by atoms with E-state index in [4.69, 9.17) is 0 Å². The average molecular weight is 458 g/mol. The maximum Gasteiger partial charge on any atom is 0.267 e. The van der Waals surface area contributed by atoms with Crippen molar-refractivity contribution in [3.8, 4) is 22.6 Å². The predicted molar refractivity (Wildman–Crippen MR) is 126 cm³/mol. The molecular weight excluding hydrogens is 435 g/mol. The number of amides is 1. The van der Waals surface area contributed by atoms with Crippen molar-refractivity contribution < 1.29 is 9.18 Å². The van der Waals surface area contributed by atoms with Gasteiger partial charge in [-0.15, -0.1) is 10.2 Å². The molecule has 2 aromatic carbocycles. The minimum atomic E-state index is -0.578. The molecule has 0 atom stereocenters. The van der Waals surface area contributed by atoms with Crippen molar-refractivity contribution in [1.82, 2.24) is 24.5 Å². The topological polar surface area (TPSA) is 94.7 Å². The molecule has 3 heterocycles. The zero-order valence-corrected chi connectivity index (χ0v) is 18.4. The van der Waals surface area contributed by atoms with Crippen LogP contribution in [0.3, 0.4) is 0 Å². The van der Waals surface area contributed by atoms with Crippen LogP contribution in [0, 0.1) is 5.82 Å². The number of aryl methyl sites for hydroxylation is 1. The summed E-state index contributed by atoms with van der Waals surface area (Å²) < 4.78 is 17.7. The van der Waals surface area contributed by atoms with Gasteiger partial charge in [-0.1, -0.05) is 36.8 Å². The Hall–Kier alpha value is -4.14. The fraction of sp³-hybridized carbons (Fsp3) is 0.240. The lowest BCUT2D eigenvalue weighted by molar-refractivity contribution is -0.117. The monoisotopic (exact) mass is 458 g/mol. The second-order valence-corrected chi connectivity index (χ2v) is 8.23. The van der Waals surface area contributed by atoms with Gasteiger partial charge in [-0.25, -0.2) is 9.07 Å². The first-order valence-electron chi connectivity index (χ1n) is 11.2. The Kier molecular flexibility index (Phi) is 5.99. The highest BCUT2D eigenvalue weighted by Gasteiger charge is 2.18. The smallest absolute Gasteiger partial charge is 0.267 e. The van der Waals surface area contributed by atoms with Crippen LogP contribution in [0.2, 0.25) is 0 Å². The van der Waals surface area contributed by atoms with E-state index < -0.39 is 17.3 Å². The van der Waals surface area contributed by atoms with E-state index in [0.717, 1.165) is 48.3 Å². The molecule has 0 aliphatic carbocycles. The number of hydrogen-bond acceptors (Lipinski definition) is 5. The number of fused-ring (bicyclic) bond motifs is 1. The fourth-order valence-electron chi connectivity index (χ4n) is 4.11. The number of rotatable bonds is 5. The third-order valence-electron chi connectivity index (χ3n) is 5.84. The molecule has 0 spiro atoms. The number of aromatic nitrogens is 5. The van der Waals surface area contributed by atoms with Gasteiger partial charge in [-0.3, -0.25) is 9.59 Å². The van der Waals surface area contributed by atoms with E-state index >= 15 is 0 Å². The van der Waals surface area contributed by atoms with Gasteiger partial charge in [-0.05, 0) is 37.1 Å². The van der Waals surface area contributed by atoms with Gasteiger partial charge in [0.15, 0.2) is 5.82 Å². The van der Waals surface area contributed by atoms with E-state index in [1.54, 1.807) is 18.2 Å². The summed E-state index contributed by atoms with van der Waals surface area (Å²) in [6, 6.07) is 16.8. The van der Waals surface area contributed by atoms with E-state index in [2.05, 4.69) is 25.2 Å². The highest BCUT2D eigenvalue weighted by Crippen LogP contribution is 2.26. The van der Waals surface area contributed by atoms with Crippen LogP contribution in [0.15, 0.2) is 65.5 Å². The van der Waals surface area contributed by atoms with Crippen LogP contribution in [0.4, 0.5) is 10.1 Å². The van der Waals surface area contributed by atoms with E-state index in [9.17, 15) is 14.0 Å². The average Bonchev–Trinajstić information content (AvgIpc) is 3.10. The summed E-state index contributed by atoms with van der Waals surface area (Å²) in [4.78, 5) is 25.0. The molecule has 34 heavy (non-hydrogen) atoms. The van der Waals surface area contributed by atoms with Crippen LogP contribution in [0.25, 0.3) is 22.6 Å². The number of nitrogens with zero attached hydrogens (tertiary/aromatic N) is 5. The van der Waals surface area contributed by atoms with Crippen LogP contribution in [-0.2, 0) is 24.3 Å². The first kappa shape index (κ1) is 21.7. The lowest BCUT2D eigenvalue weighted by atomic mass is 10.1. The zero-order valence-electron chi connectivity index (χ0n) is 18.4. The Balaban J connectivity index is 1.37. The third-order valence-corrected chi connectivity index (χ3v) is 5.84. The van der Waals surface area contributed by atoms with Crippen molar-refractivity contribution in [3.05, 3.63) is 82.7 Å². The molecule has 0 bridgehead atoms. The maximum absolute atomic E-state index is 14.5. The summed E-state index contributed by atoms with van der Waals surface area (Å²) >= 11 is 0. The SMILES string of the molecule is O=C(Cn1nc(-c2ccccc2)ccc1=O)Nc1cc(-c2nnc3n2CCCCC3)ccc1F. The molecule has 1 amide bonds. The third kappa shape index (κ3) is 4.50. The molecule has 8 nitrogen and oxygen atoms in total. The minimum Gasteiger partial charge on any atom is -0.322 e. The van der Waals surface area contributed by atoms with Crippen molar-refractivity contribution in [2.24, 2.45) is 0 Å².